The monoisotopic (exact) mass is 185 g/mol. The van der Waals surface area contributed by atoms with Crippen LogP contribution in [0.5, 0.6) is 0 Å². The van der Waals surface area contributed by atoms with Gasteiger partial charge in [-0.3, -0.25) is 0 Å². The summed E-state index contributed by atoms with van der Waals surface area (Å²) in [6.45, 7) is 4.30. The number of benzene rings is 1. The lowest BCUT2D eigenvalue weighted by Gasteiger charge is -2.01. The molecule has 0 saturated carbocycles. The minimum Gasteiger partial charge on any atom is -0.323 e. The maximum Gasteiger partial charge on any atom is 0.0551 e. The number of fused-ring (bicyclic) bond motifs is 1. The molecule has 14 heavy (non-hydrogen) atoms. The molecule has 0 aliphatic rings. The predicted molar refractivity (Wildman–Crippen MR) is 62.3 cm³/mol. The van der Waals surface area contributed by atoms with Crippen molar-refractivity contribution < 1.29 is 0 Å². The minimum atomic E-state index is 1.07. The quantitative estimate of drug-likeness (QED) is 0.670. The van der Waals surface area contributed by atoms with E-state index >= 15 is 0 Å². The summed E-state index contributed by atoms with van der Waals surface area (Å²) in [4.78, 5) is 0. The van der Waals surface area contributed by atoms with Crippen molar-refractivity contribution in [3.8, 4) is 0 Å². The zero-order chi connectivity index (χ0) is 9.97. The molecular formula is C13H15N. The predicted octanol–water partition coefficient (Wildman–Crippen LogP) is 3.83. The average Bonchev–Trinajstić information content (AvgIpc) is 2.59. The lowest BCUT2D eigenvalue weighted by molar-refractivity contribution is 1.17. The molecule has 0 aliphatic heterocycles. The highest BCUT2D eigenvalue weighted by Gasteiger charge is 1.99. The Morgan fingerprint density at radius 1 is 1.29 bits per heavy atom. The largest absolute Gasteiger partial charge is 0.323 e. The molecule has 1 aromatic carbocycles. The summed E-state index contributed by atoms with van der Waals surface area (Å²) in [5.41, 5.74) is 2.64. The Labute approximate surface area is 84.7 Å². The molecule has 1 heterocycles. The Balaban J connectivity index is 2.61. The summed E-state index contributed by atoms with van der Waals surface area (Å²) in [7, 11) is 0. The van der Waals surface area contributed by atoms with Crippen molar-refractivity contribution in [2.75, 3.05) is 0 Å². The van der Waals surface area contributed by atoms with E-state index in [0.717, 1.165) is 6.42 Å². The molecular weight excluding hydrogens is 170 g/mol. The number of aryl methyl sites for hydroxylation is 1. The second-order valence-corrected chi connectivity index (χ2v) is 3.53. The maximum atomic E-state index is 2.19. The second-order valence-electron chi connectivity index (χ2n) is 3.53. The highest BCUT2D eigenvalue weighted by Crippen LogP contribution is 2.19. The van der Waals surface area contributed by atoms with Crippen molar-refractivity contribution in [1.29, 1.82) is 0 Å². The molecule has 0 unspecified atom stereocenters. The molecule has 0 atom stereocenters. The molecule has 0 amide bonds. The number of hydrogen-bond acceptors (Lipinski definition) is 0. The van der Waals surface area contributed by atoms with Crippen molar-refractivity contribution in [2.45, 2.75) is 20.3 Å². The molecule has 1 aromatic heterocycles. The molecule has 0 saturated heterocycles. The van der Waals surface area contributed by atoms with E-state index in [9.17, 15) is 0 Å². The Hall–Kier alpha value is -1.50. The molecule has 0 radical (unpaired) electrons. The second kappa shape index (κ2) is 3.70. The summed E-state index contributed by atoms with van der Waals surface area (Å²) >= 11 is 0. The van der Waals surface area contributed by atoms with Gasteiger partial charge in [0.05, 0.1) is 5.52 Å². The zero-order valence-corrected chi connectivity index (χ0v) is 8.70. The van der Waals surface area contributed by atoms with Crippen LogP contribution in [0, 0.1) is 6.92 Å². The van der Waals surface area contributed by atoms with E-state index in [4.69, 9.17) is 0 Å². The van der Waals surface area contributed by atoms with Crippen molar-refractivity contribution in [3.63, 3.8) is 0 Å². The molecule has 0 N–H and O–H groups in total. The number of hydrogen-bond donors (Lipinski definition) is 0. The molecule has 0 spiro atoms. The van der Waals surface area contributed by atoms with Gasteiger partial charge in [0, 0.05) is 17.8 Å². The summed E-state index contributed by atoms with van der Waals surface area (Å²) in [5.74, 6) is 0. The van der Waals surface area contributed by atoms with Crippen LogP contribution in [0.1, 0.15) is 18.9 Å². The third-order valence-corrected chi connectivity index (χ3v) is 2.44. The first kappa shape index (κ1) is 9.07. The first-order chi connectivity index (χ1) is 6.83. The van der Waals surface area contributed by atoms with E-state index in [2.05, 4.69) is 61.2 Å². The molecule has 72 valence electrons. The Bertz CT molecular complexity index is 463. The van der Waals surface area contributed by atoms with E-state index in [0.29, 0.717) is 0 Å². The van der Waals surface area contributed by atoms with Gasteiger partial charge in [-0.15, -0.1) is 0 Å². The van der Waals surface area contributed by atoms with Gasteiger partial charge < -0.3 is 4.57 Å². The van der Waals surface area contributed by atoms with Crippen molar-refractivity contribution >= 4 is 17.1 Å². The van der Waals surface area contributed by atoms with E-state index in [-0.39, 0.29) is 0 Å². The number of rotatable bonds is 2. The molecule has 2 rings (SSSR count). The molecule has 0 aliphatic carbocycles. The van der Waals surface area contributed by atoms with Crippen LogP contribution in [0.15, 0.2) is 36.5 Å². The highest BCUT2D eigenvalue weighted by atomic mass is 14.9. The molecule has 0 fully saturated rings. The summed E-state index contributed by atoms with van der Waals surface area (Å²) < 4.78 is 2.19. The number of para-hydroxylation sites is 1. The summed E-state index contributed by atoms with van der Waals surface area (Å²) in [6.07, 6.45) is 7.50. The van der Waals surface area contributed by atoms with Crippen molar-refractivity contribution in [3.05, 3.63) is 42.1 Å². The van der Waals surface area contributed by atoms with Crippen LogP contribution in [0.3, 0.4) is 0 Å². The van der Waals surface area contributed by atoms with E-state index in [1.54, 1.807) is 0 Å². The standard InChI is InChI=1S/C13H15N/c1-3-4-9-14-10-8-12-7-5-6-11(2)13(12)14/h4-10H,3H2,1-2H3. The smallest absolute Gasteiger partial charge is 0.0551 e. The summed E-state index contributed by atoms with van der Waals surface area (Å²) in [5, 5.41) is 1.31. The van der Waals surface area contributed by atoms with Crippen LogP contribution in [-0.4, -0.2) is 4.57 Å². The number of aromatic nitrogens is 1. The Kier molecular flexibility index (Phi) is 2.40. The molecule has 0 bridgehead atoms. The van der Waals surface area contributed by atoms with E-state index in [1.807, 2.05) is 0 Å². The summed E-state index contributed by atoms with van der Waals surface area (Å²) in [6, 6.07) is 8.56. The van der Waals surface area contributed by atoms with Gasteiger partial charge in [0.1, 0.15) is 0 Å². The fourth-order valence-corrected chi connectivity index (χ4v) is 1.75. The fourth-order valence-electron chi connectivity index (χ4n) is 1.75. The highest BCUT2D eigenvalue weighted by molar-refractivity contribution is 5.84. The Morgan fingerprint density at radius 3 is 2.93 bits per heavy atom. The van der Waals surface area contributed by atoms with Crippen LogP contribution < -0.4 is 0 Å². The fraction of sp³-hybridized carbons (Fsp3) is 0.231. The van der Waals surface area contributed by atoms with Crippen molar-refractivity contribution in [2.24, 2.45) is 0 Å². The van der Waals surface area contributed by atoms with Crippen molar-refractivity contribution in [1.82, 2.24) is 4.57 Å². The maximum absolute atomic E-state index is 2.19. The van der Waals surface area contributed by atoms with Gasteiger partial charge in [0.25, 0.3) is 0 Å². The van der Waals surface area contributed by atoms with Gasteiger partial charge in [-0.2, -0.15) is 0 Å². The third kappa shape index (κ3) is 1.46. The van der Waals surface area contributed by atoms with E-state index < -0.39 is 0 Å². The van der Waals surface area contributed by atoms with Gasteiger partial charge >= 0.3 is 0 Å². The van der Waals surface area contributed by atoms with E-state index in [1.165, 1.54) is 16.5 Å². The van der Waals surface area contributed by atoms with Gasteiger partial charge in [-0.1, -0.05) is 31.2 Å². The van der Waals surface area contributed by atoms with Crippen LogP contribution in [0.4, 0.5) is 0 Å². The van der Waals surface area contributed by atoms with Gasteiger partial charge in [0.15, 0.2) is 0 Å². The van der Waals surface area contributed by atoms with Gasteiger partial charge in [0.2, 0.25) is 0 Å². The molecule has 2 aromatic rings. The third-order valence-electron chi connectivity index (χ3n) is 2.44. The van der Waals surface area contributed by atoms with Crippen LogP contribution in [0.2, 0.25) is 0 Å². The SMILES string of the molecule is CCC=Cn1ccc2cccc(C)c21. The molecule has 1 nitrogen and oxygen atoms in total. The lowest BCUT2D eigenvalue weighted by Crippen LogP contribution is -1.85. The normalized spacial score (nSPS) is 11.6. The molecule has 1 heteroatoms. The minimum absolute atomic E-state index is 1.07. The Morgan fingerprint density at radius 2 is 2.14 bits per heavy atom. The van der Waals surface area contributed by atoms with Crippen LogP contribution >= 0.6 is 0 Å². The average molecular weight is 185 g/mol. The zero-order valence-electron chi connectivity index (χ0n) is 8.70. The van der Waals surface area contributed by atoms with Crippen LogP contribution in [-0.2, 0) is 0 Å². The van der Waals surface area contributed by atoms with Gasteiger partial charge in [-0.05, 0) is 25.0 Å². The first-order valence-electron chi connectivity index (χ1n) is 5.05. The van der Waals surface area contributed by atoms with Gasteiger partial charge in [-0.25, -0.2) is 0 Å². The van der Waals surface area contributed by atoms with Crippen LogP contribution in [0.25, 0.3) is 17.1 Å². The number of allylic oxidation sites excluding steroid dienone is 1. The number of nitrogens with zero attached hydrogens (tertiary/aromatic N) is 1. The topological polar surface area (TPSA) is 4.93 Å². The lowest BCUT2D eigenvalue weighted by atomic mass is 10.2. The first-order valence-corrected chi connectivity index (χ1v) is 5.05.